The van der Waals surface area contributed by atoms with E-state index in [1.807, 2.05) is 23.6 Å². The van der Waals surface area contributed by atoms with Gasteiger partial charge in [-0.1, -0.05) is 17.7 Å². The van der Waals surface area contributed by atoms with Crippen molar-refractivity contribution in [3.63, 3.8) is 0 Å². The maximum absolute atomic E-state index is 11.6. The second-order valence-corrected chi connectivity index (χ2v) is 4.71. The number of carbonyl (C=O) groups is 1. The maximum Gasteiger partial charge on any atom is 0.197 e. The van der Waals surface area contributed by atoms with Gasteiger partial charge in [-0.15, -0.1) is 11.3 Å². The monoisotopic (exact) mass is 263 g/mol. The maximum atomic E-state index is 11.6. The van der Waals surface area contributed by atoms with Crippen LogP contribution in [0.1, 0.15) is 9.67 Å². The third-order valence-corrected chi connectivity index (χ3v) is 3.23. The van der Waals surface area contributed by atoms with Crippen molar-refractivity contribution in [1.29, 1.82) is 0 Å². The van der Waals surface area contributed by atoms with E-state index in [-0.39, 0.29) is 5.78 Å². The molecule has 0 unspecified atom stereocenters. The molecule has 0 saturated heterocycles. The Hall–Kier alpha value is -1.58. The Morgan fingerprint density at radius 1 is 1.24 bits per heavy atom. The number of allylic oxidation sites excluding steroid dienone is 1. The number of hydrogen-bond donors (Lipinski definition) is 1. The predicted octanol–water partition coefficient (Wildman–Crippen LogP) is 4.21. The zero-order valence-corrected chi connectivity index (χ0v) is 10.5. The van der Waals surface area contributed by atoms with E-state index in [0.717, 1.165) is 10.6 Å². The van der Waals surface area contributed by atoms with E-state index < -0.39 is 0 Å². The number of hydrogen-bond acceptors (Lipinski definition) is 3. The molecule has 0 aliphatic carbocycles. The number of ketones is 1. The minimum absolute atomic E-state index is 0.00136. The lowest BCUT2D eigenvalue weighted by atomic mass is 10.3. The highest BCUT2D eigenvalue weighted by molar-refractivity contribution is 7.12. The van der Waals surface area contributed by atoms with Crippen LogP contribution in [0.2, 0.25) is 5.02 Å². The first-order valence-corrected chi connectivity index (χ1v) is 6.28. The molecule has 0 aliphatic rings. The van der Waals surface area contributed by atoms with Crippen molar-refractivity contribution in [1.82, 2.24) is 0 Å². The molecule has 1 aromatic carbocycles. The summed E-state index contributed by atoms with van der Waals surface area (Å²) in [6, 6.07) is 10.9. The van der Waals surface area contributed by atoms with Gasteiger partial charge >= 0.3 is 0 Å². The zero-order valence-electron chi connectivity index (χ0n) is 8.89. The van der Waals surface area contributed by atoms with Crippen LogP contribution in [-0.4, -0.2) is 5.78 Å². The highest BCUT2D eigenvalue weighted by Crippen LogP contribution is 2.13. The second-order valence-electron chi connectivity index (χ2n) is 3.33. The summed E-state index contributed by atoms with van der Waals surface area (Å²) in [5, 5.41) is 5.58. The summed E-state index contributed by atoms with van der Waals surface area (Å²) < 4.78 is 0. The van der Waals surface area contributed by atoms with Crippen molar-refractivity contribution >= 4 is 34.4 Å². The van der Waals surface area contributed by atoms with Gasteiger partial charge in [0.2, 0.25) is 0 Å². The standard InChI is InChI=1S/C13H10ClNOS/c14-10-3-5-11(6-4-10)15-8-7-12(16)13-2-1-9-17-13/h1-9,15H/b8-7+. The fourth-order valence-corrected chi connectivity index (χ4v) is 2.03. The van der Waals surface area contributed by atoms with E-state index in [9.17, 15) is 4.79 Å². The Balaban J connectivity index is 1.94. The van der Waals surface area contributed by atoms with Crippen LogP contribution in [0.5, 0.6) is 0 Å². The Morgan fingerprint density at radius 2 is 2.00 bits per heavy atom. The number of halogens is 1. The van der Waals surface area contributed by atoms with Crippen molar-refractivity contribution in [3.8, 4) is 0 Å². The SMILES string of the molecule is O=C(/C=C/Nc1ccc(Cl)cc1)c1cccs1. The second kappa shape index (κ2) is 5.66. The molecule has 0 saturated carbocycles. The van der Waals surface area contributed by atoms with Crippen LogP contribution in [0.3, 0.4) is 0 Å². The number of thiophene rings is 1. The van der Waals surface area contributed by atoms with Crippen LogP contribution in [0.25, 0.3) is 0 Å². The first-order chi connectivity index (χ1) is 8.25. The van der Waals surface area contributed by atoms with E-state index >= 15 is 0 Å². The van der Waals surface area contributed by atoms with Crippen LogP contribution >= 0.6 is 22.9 Å². The summed E-state index contributed by atoms with van der Waals surface area (Å²) >= 11 is 7.20. The molecule has 1 heterocycles. The fourth-order valence-electron chi connectivity index (χ4n) is 1.26. The molecule has 2 aromatic rings. The molecule has 2 rings (SSSR count). The average molecular weight is 264 g/mol. The third kappa shape index (κ3) is 3.44. The van der Waals surface area contributed by atoms with E-state index in [1.165, 1.54) is 17.4 Å². The van der Waals surface area contributed by atoms with E-state index in [1.54, 1.807) is 24.4 Å². The Bertz CT molecular complexity index is 517. The van der Waals surface area contributed by atoms with Crippen molar-refractivity contribution in [2.75, 3.05) is 5.32 Å². The van der Waals surface area contributed by atoms with Gasteiger partial charge in [-0.2, -0.15) is 0 Å². The molecule has 0 bridgehead atoms. The molecule has 1 N–H and O–H groups in total. The Labute approximate surface area is 109 Å². The number of benzene rings is 1. The molecule has 0 amide bonds. The fraction of sp³-hybridized carbons (Fsp3) is 0. The van der Waals surface area contributed by atoms with E-state index in [2.05, 4.69) is 5.32 Å². The van der Waals surface area contributed by atoms with Crippen LogP contribution in [0.4, 0.5) is 5.69 Å². The van der Waals surface area contributed by atoms with Gasteiger partial charge in [0.05, 0.1) is 4.88 Å². The lowest BCUT2D eigenvalue weighted by Gasteiger charge is -1.99. The zero-order chi connectivity index (χ0) is 12.1. The van der Waals surface area contributed by atoms with Crippen LogP contribution in [0, 0.1) is 0 Å². The number of nitrogens with one attached hydrogen (secondary N) is 1. The molecule has 0 radical (unpaired) electrons. The molecule has 0 spiro atoms. The first kappa shape index (κ1) is 11.9. The summed E-state index contributed by atoms with van der Waals surface area (Å²) in [5.41, 5.74) is 0.893. The van der Waals surface area contributed by atoms with E-state index in [4.69, 9.17) is 11.6 Å². The molecule has 0 fully saturated rings. The molecule has 17 heavy (non-hydrogen) atoms. The summed E-state index contributed by atoms with van der Waals surface area (Å²) in [4.78, 5) is 12.3. The quantitative estimate of drug-likeness (QED) is 0.661. The lowest BCUT2D eigenvalue weighted by molar-refractivity contribution is 0.105. The molecule has 0 aliphatic heterocycles. The summed E-state index contributed by atoms with van der Waals surface area (Å²) in [5.74, 6) is 0.00136. The van der Waals surface area contributed by atoms with Crippen LogP contribution in [0.15, 0.2) is 54.1 Å². The number of anilines is 1. The van der Waals surface area contributed by atoms with E-state index in [0.29, 0.717) is 5.02 Å². The molecule has 86 valence electrons. The number of rotatable bonds is 4. The lowest BCUT2D eigenvalue weighted by Crippen LogP contribution is -1.93. The molecule has 0 atom stereocenters. The van der Waals surface area contributed by atoms with Crippen LogP contribution in [-0.2, 0) is 0 Å². The third-order valence-electron chi connectivity index (χ3n) is 2.09. The van der Waals surface area contributed by atoms with Gasteiger partial charge in [0.1, 0.15) is 0 Å². The average Bonchev–Trinajstić information content (AvgIpc) is 2.85. The molecule has 1 aromatic heterocycles. The minimum Gasteiger partial charge on any atom is -0.362 e. The molecular formula is C13H10ClNOS. The van der Waals surface area contributed by atoms with Gasteiger partial charge in [0.15, 0.2) is 5.78 Å². The van der Waals surface area contributed by atoms with Crippen LogP contribution < -0.4 is 5.32 Å². The normalized spacial score (nSPS) is 10.6. The first-order valence-electron chi connectivity index (χ1n) is 5.02. The topological polar surface area (TPSA) is 29.1 Å². The van der Waals surface area contributed by atoms with Gasteiger partial charge in [-0.25, -0.2) is 0 Å². The van der Waals surface area contributed by atoms with Crippen molar-refractivity contribution in [2.45, 2.75) is 0 Å². The van der Waals surface area contributed by atoms with Gasteiger partial charge in [-0.05, 0) is 35.7 Å². The van der Waals surface area contributed by atoms with Gasteiger partial charge in [0.25, 0.3) is 0 Å². The summed E-state index contributed by atoms with van der Waals surface area (Å²) in [6.45, 7) is 0. The van der Waals surface area contributed by atoms with Crippen molar-refractivity contribution < 1.29 is 4.79 Å². The smallest absolute Gasteiger partial charge is 0.197 e. The van der Waals surface area contributed by atoms with Crippen molar-refractivity contribution in [2.24, 2.45) is 0 Å². The molecule has 4 heteroatoms. The summed E-state index contributed by atoms with van der Waals surface area (Å²) in [6.07, 6.45) is 3.14. The molecular weight excluding hydrogens is 254 g/mol. The van der Waals surface area contributed by atoms with Gasteiger partial charge in [0, 0.05) is 23.0 Å². The molecule has 2 nitrogen and oxygen atoms in total. The van der Waals surface area contributed by atoms with Gasteiger partial charge < -0.3 is 5.32 Å². The largest absolute Gasteiger partial charge is 0.362 e. The predicted molar refractivity (Wildman–Crippen MR) is 72.9 cm³/mol. The van der Waals surface area contributed by atoms with Gasteiger partial charge in [-0.3, -0.25) is 4.79 Å². The summed E-state index contributed by atoms with van der Waals surface area (Å²) in [7, 11) is 0. The number of carbonyl (C=O) groups excluding carboxylic acids is 1. The highest BCUT2D eigenvalue weighted by Gasteiger charge is 2.00. The highest BCUT2D eigenvalue weighted by atomic mass is 35.5. The minimum atomic E-state index is 0.00136. The Kier molecular flexibility index (Phi) is 3.96. The van der Waals surface area contributed by atoms with Crippen molar-refractivity contribution in [3.05, 3.63) is 64.0 Å². The Morgan fingerprint density at radius 3 is 2.65 bits per heavy atom.